The number of nitrogens with zero attached hydrogens (tertiary/aromatic N) is 4. The Hall–Kier alpha value is -3.73. The van der Waals surface area contributed by atoms with Gasteiger partial charge in [-0.05, 0) is 79.0 Å². The van der Waals surface area contributed by atoms with Crippen LogP contribution in [0.15, 0.2) is 78.6 Å². The molecule has 0 radical (unpaired) electrons. The van der Waals surface area contributed by atoms with Crippen LogP contribution in [0.25, 0.3) is 17.0 Å². The third-order valence-corrected chi connectivity index (χ3v) is 5.94. The molecule has 0 fully saturated rings. The third kappa shape index (κ3) is 4.19. The summed E-state index contributed by atoms with van der Waals surface area (Å²) in [6.07, 6.45) is 14.3. The van der Waals surface area contributed by atoms with Crippen molar-refractivity contribution in [1.29, 1.82) is 0 Å². The van der Waals surface area contributed by atoms with Crippen molar-refractivity contribution < 1.29 is 0 Å². The van der Waals surface area contributed by atoms with Crippen molar-refractivity contribution in [2.24, 2.45) is 0 Å². The van der Waals surface area contributed by atoms with Gasteiger partial charge in [0.15, 0.2) is 0 Å². The van der Waals surface area contributed by atoms with Gasteiger partial charge in [-0.2, -0.15) is 0 Å². The quantitative estimate of drug-likeness (QED) is 0.660. The molecule has 0 amide bonds. The maximum atomic E-state index is 4.77. The number of hydrogen-bond acceptors (Lipinski definition) is 5. The Balaban J connectivity index is 1.30. The summed E-state index contributed by atoms with van der Waals surface area (Å²) in [6, 6.07) is 8.52. The predicted molar refractivity (Wildman–Crippen MR) is 128 cm³/mol. The van der Waals surface area contributed by atoms with Gasteiger partial charge in [-0.25, -0.2) is 0 Å². The molecule has 3 aromatic rings. The van der Waals surface area contributed by atoms with E-state index in [1.165, 1.54) is 27.8 Å². The van der Waals surface area contributed by atoms with Crippen molar-refractivity contribution in [3.63, 3.8) is 0 Å². The van der Waals surface area contributed by atoms with E-state index in [0.717, 1.165) is 47.8 Å². The summed E-state index contributed by atoms with van der Waals surface area (Å²) in [5.74, 6) is 0. The summed E-state index contributed by atoms with van der Waals surface area (Å²) in [7, 11) is 0. The van der Waals surface area contributed by atoms with Gasteiger partial charge in [-0.1, -0.05) is 6.07 Å². The van der Waals surface area contributed by atoms with Gasteiger partial charge in [0.05, 0.1) is 5.69 Å². The standard InChI is InChI=1S/C27H27N5/c1-18-8-24(14-28-12-18)26-11-22-5-7-32(17-25(22)15-30-26)16-21-9-19(2)27(31-13-21)23-4-6-29-20(3)10-23/h4-14,30H,15-17H2,1-3H3. The van der Waals surface area contributed by atoms with Gasteiger partial charge in [-0.3, -0.25) is 15.0 Å². The molecule has 32 heavy (non-hydrogen) atoms. The summed E-state index contributed by atoms with van der Waals surface area (Å²) in [5.41, 5.74) is 11.7. The van der Waals surface area contributed by atoms with Crippen LogP contribution >= 0.6 is 0 Å². The largest absolute Gasteiger partial charge is 0.381 e. The SMILES string of the molecule is Cc1cncc(C2=CC3=C(CN2)CN(Cc2cnc(-c4ccnc(C)c4)c(C)c2)C=C3)c1. The van der Waals surface area contributed by atoms with Crippen molar-refractivity contribution in [2.45, 2.75) is 27.3 Å². The molecular weight excluding hydrogens is 394 g/mol. The Morgan fingerprint density at radius 1 is 1.00 bits per heavy atom. The lowest BCUT2D eigenvalue weighted by atomic mass is 9.97. The Morgan fingerprint density at radius 2 is 1.91 bits per heavy atom. The lowest BCUT2D eigenvalue weighted by molar-refractivity contribution is 0.389. The fourth-order valence-corrected chi connectivity index (χ4v) is 4.35. The Kier molecular flexibility index (Phi) is 5.31. The van der Waals surface area contributed by atoms with E-state index < -0.39 is 0 Å². The fraction of sp³-hybridized carbons (Fsp3) is 0.222. The Bertz CT molecular complexity index is 1270. The zero-order valence-corrected chi connectivity index (χ0v) is 18.8. The van der Waals surface area contributed by atoms with Crippen LogP contribution in [0.3, 0.4) is 0 Å². The number of aromatic nitrogens is 3. The first-order valence-electron chi connectivity index (χ1n) is 11.0. The molecule has 0 unspecified atom stereocenters. The highest BCUT2D eigenvalue weighted by Crippen LogP contribution is 2.27. The molecular formula is C27H27N5. The molecule has 5 rings (SSSR count). The highest BCUT2D eigenvalue weighted by atomic mass is 15.1. The lowest BCUT2D eigenvalue weighted by Gasteiger charge is -2.30. The second-order valence-corrected chi connectivity index (χ2v) is 8.64. The maximum absolute atomic E-state index is 4.77. The molecule has 5 heteroatoms. The topological polar surface area (TPSA) is 53.9 Å². The number of nitrogens with one attached hydrogen (secondary N) is 1. The first kappa shape index (κ1) is 20.2. The lowest BCUT2D eigenvalue weighted by Crippen LogP contribution is -2.30. The van der Waals surface area contributed by atoms with Crippen LogP contribution in [0.2, 0.25) is 0 Å². The van der Waals surface area contributed by atoms with E-state index in [0.29, 0.717) is 0 Å². The number of dihydropyridines is 1. The molecule has 0 saturated heterocycles. The van der Waals surface area contributed by atoms with Crippen molar-refractivity contribution >= 4 is 5.70 Å². The number of rotatable bonds is 4. The molecule has 0 aliphatic carbocycles. The van der Waals surface area contributed by atoms with E-state index >= 15 is 0 Å². The smallest absolute Gasteiger partial charge is 0.0732 e. The van der Waals surface area contributed by atoms with Crippen LogP contribution in [-0.4, -0.2) is 32.9 Å². The first-order valence-corrected chi connectivity index (χ1v) is 11.0. The average Bonchev–Trinajstić information content (AvgIpc) is 2.79. The fourth-order valence-electron chi connectivity index (χ4n) is 4.35. The van der Waals surface area contributed by atoms with E-state index in [2.05, 4.69) is 70.6 Å². The van der Waals surface area contributed by atoms with Crippen LogP contribution in [0.4, 0.5) is 0 Å². The number of pyridine rings is 3. The molecule has 1 N–H and O–H groups in total. The molecule has 2 aliphatic heterocycles. The van der Waals surface area contributed by atoms with E-state index in [1.807, 2.05) is 37.8 Å². The maximum Gasteiger partial charge on any atom is 0.0732 e. The van der Waals surface area contributed by atoms with Gasteiger partial charge >= 0.3 is 0 Å². The normalized spacial score (nSPS) is 15.3. The van der Waals surface area contributed by atoms with Crippen LogP contribution < -0.4 is 5.32 Å². The van der Waals surface area contributed by atoms with Crippen LogP contribution in [0.5, 0.6) is 0 Å². The second-order valence-electron chi connectivity index (χ2n) is 8.64. The molecule has 3 aromatic heterocycles. The second kappa shape index (κ2) is 8.42. The third-order valence-electron chi connectivity index (χ3n) is 5.94. The molecule has 2 aliphatic rings. The summed E-state index contributed by atoms with van der Waals surface area (Å²) >= 11 is 0. The van der Waals surface area contributed by atoms with Gasteiger partial charge in [0.2, 0.25) is 0 Å². The van der Waals surface area contributed by atoms with Crippen LogP contribution in [0, 0.1) is 20.8 Å². The van der Waals surface area contributed by atoms with E-state index in [-0.39, 0.29) is 0 Å². The number of allylic oxidation sites excluding steroid dienone is 3. The van der Waals surface area contributed by atoms with Crippen molar-refractivity contribution in [3.8, 4) is 11.3 Å². The molecule has 0 saturated carbocycles. The zero-order chi connectivity index (χ0) is 22.1. The van der Waals surface area contributed by atoms with E-state index in [4.69, 9.17) is 4.98 Å². The van der Waals surface area contributed by atoms with Crippen molar-refractivity contribution in [2.75, 3.05) is 13.1 Å². The Labute approximate surface area is 189 Å². The van der Waals surface area contributed by atoms with E-state index in [1.54, 1.807) is 0 Å². The molecule has 0 atom stereocenters. The van der Waals surface area contributed by atoms with Crippen molar-refractivity contribution in [1.82, 2.24) is 25.2 Å². The zero-order valence-electron chi connectivity index (χ0n) is 18.8. The number of hydrogen-bond donors (Lipinski definition) is 1. The Morgan fingerprint density at radius 3 is 2.72 bits per heavy atom. The van der Waals surface area contributed by atoms with Gasteiger partial charge in [0.1, 0.15) is 0 Å². The number of aryl methyl sites for hydroxylation is 3. The minimum Gasteiger partial charge on any atom is -0.381 e. The average molecular weight is 422 g/mol. The summed E-state index contributed by atoms with van der Waals surface area (Å²) < 4.78 is 0. The van der Waals surface area contributed by atoms with Crippen LogP contribution in [0.1, 0.15) is 27.9 Å². The molecule has 5 heterocycles. The minimum absolute atomic E-state index is 0.842. The first-order chi connectivity index (χ1) is 15.5. The summed E-state index contributed by atoms with van der Waals surface area (Å²) in [5, 5.41) is 3.57. The van der Waals surface area contributed by atoms with Gasteiger partial charge in [-0.15, -0.1) is 0 Å². The minimum atomic E-state index is 0.842. The van der Waals surface area contributed by atoms with Gasteiger partial charge in [0, 0.05) is 73.1 Å². The highest BCUT2D eigenvalue weighted by molar-refractivity contribution is 5.70. The molecule has 0 aromatic carbocycles. The van der Waals surface area contributed by atoms with Gasteiger partial charge in [0.25, 0.3) is 0 Å². The molecule has 160 valence electrons. The van der Waals surface area contributed by atoms with E-state index in [9.17, 15) is 0 Å². The highest BCUT2D eigenvalue weighted by Gasteiger charge is 2.18. The van der Waals surface area contributed by atoms with Gasteiger partial charge < -0.3 is 10.2 Å². The predicted octanol–water partition coefficient (Wildman–Crippen LogP) is 4.73. The molecule has 0 bridgehead atoms. The van der Waals surface area contributed by atoms with Crippen LogP contribution in [-0.2, 0) is 6.54 Å². The molecule has 0 spiro atoms. The monoisotopic (exact) mass is 421 g/mol. The van der Waals surface area contributed by atoms with Crippen molar-refractivity contribution in [3.05, 3.63) is 106 Å². The summed E-state index contributed by atoms with van der Waals surface area (Å²) in [6.45, 7) is 8.83. The summed E-state index contributed by atoms with van der Waals surface area (Å²) in [4.78, 5) is 15.7. The molecule has 5 nitrogen and oxygen atoms in total.